The molecule has 0 saturated heterocycles. The highest BCUT2D eigenvalue weighted by Crippen LogP contribution is 2.35. The number of fused-ring (bicyclic) bond motifs is 1. The molecule has 0 spiro atoms. The number of carbonyl (C=O) groups excluding carboxylic acids is 3. The van der Waals surface area contributed by atoms with Gasteiger partial charge in [0.05, 0.1) is 0 Å². The van der Waals surface area contributed by atoms with Crippen LogP contribution in [0.15, 0.2) is 24.3 Å². The number of unbranched alkanes of at least 4 members (excludes halogenated alkanes) is 2. The van der Waals surface area contributed by atoms with E-state index in [1.165, 1.54) is 6.92 Å². The van der Waals surface area contributed by atoms with Crippen molar-refractivity contribution in [3.63, 3.8) is 0 Å². The maximum absolute atomic E-state index is 12.5. The van der Waals surface area contributed by atoms with Gasteiger partial charge >= 0.3 is 11.9 Å². The second-order valence-corrected chi connectivity index (χ2v) is 7.51. The summed E-state index contributed by atoms with van der Waals surface area (Å²) in [6.45, 7) is 3.51. The van der Waals surface area contributed by atoms with Crippen LogP contribution in [0.25, 0.3) is 0 Å². The molecule has 1 saturated carbocycles. The largest absolute Gasteiger partial charge is 0.461 e. The van der Waals surface area contributed by atoms with Gasteiger partial charge in [-0.1, -0.05) is 38.0 Å². The molecule has 0 bridgehead atoms. The molecule has 0 amide bonds. The van der Waals surface area contributed by atoms with E-state index in [-0.39, 0.29) is 42.1 Å². The van der Waals surface area contributed by atoms with Crippen LogP contribution in [0.5, 0.6) is 0 Å². The third-order valence-corrected chi connectivity index (χ3v) is 5.26. The van der Waals surface area contributed by atoms with E-state index < -0.39 is 6.10 Å². The summed E-state index contributed by atoms with van der Waals surface area (Å²) < 4.78 is 11.1. The van der Waals surface area contributed by atoms with Crippen LogP contribution >= 0.6 is 0 Å². The Balaban J connectivity index is 2.20. The van der Waals surface area contributed by atoms with E-state index in [1.54, 1.807) is 0 Å². The zero-order chi connectivity index (χ0) is 19.6. The van der Waals surface area contributed by atoms with E-state index in [1.807, 2.05) is 24.3 Å². The Bertz CT molecular complexity index is 577. The van der Waals surface area contributed by atoms with Crippen LogP contribution < -0.4 is 0 Å². The van der Waals surface area contributed by atoms with Crippen molar-refractivity contribution in [3.05, 3.63) is 24.3 Å². The summed E-state index contributed by atoms with van der Waals surface area (Å²) in [5.74, 6) is -0.765. The first-order chi connectivity index (χ1) is 13.0. The number of ether oxygens (including phenoxy) is 2. The molecule has 4 atom stereocenters. The van der Waals surface area contributed by atoms with Crippen molar-refractivity contribution >= 4 is 17.7 Å². The molecular formula is C22H32O5. The Morgan fingerprint density at radius 2 is 2.04 bits per heavy atom. The molecule has 2 aliphatic rings. The van der Waals surface area contributed by atoms with E-state index in [0.717, 1.165) is 38.5 Å². The molecule has 0 aromatic rings. The van der Waals surface area contributed by atoms with Gasteiger partial charge in [0.2, 0.25) is 0 Å². The van der Waals surface area contributed by atoms with Gasteiger partial charge in [0, 0.05) is 31.6 Å². The monoisotopic (exact) mass is 376 g/mol. The fourth-order valence-corrected chi connectivity index (χ4v) is 3.83. The number of Topliss-reactive ketones (excluding diaryl/α,β-unsaturated/α-hetero) is 1. The quantitative estimate of drug-likeness (QED) is 0.406. The summed E-state index contributed by atoms with van der Waals surface area (Å²) in [4.78, 5) is 36.0. The Morgan fingerprint density at radius 3 is 2.78 bits per heavy atom. The first kappa shape index (κ1) is 21.4. The summed E-state index contributed by atoms with van der Waals surface area (Å²) in [5, 5.41) is 0. The predicted molar refractivity (Wildman–Crippen MR) is 103 cm³/mol. The average Bonchev–Trinajstić information content (AvgIpc) is 2.89. The highest BCUT2D eigenvalue weighted by molar-refractivity contribution is 5.85. The third kappa shape index (κ3) is 6.96. The van der Waals surface area contributed by atoms with Crippen molar-refractivity contribution in [1.82, 2.24) is 0 Å². The van der Waals surface area contributed by atoms with Crippen molar-refractivity contribution < 1.29 is 23.9 Å². The molecule has 1 heterocycles. The van der Waals surface area contributed by atoms with Gasteiger partial charge < -0.3 is 9.47 Å². The summed E-state index contributed by atoms with van der Waals surface area (Å²) in [5.41, 5.74) is 0. The molecular weight excluding hydrogens is 344 g/mol. The minimum absolute atomic E-state index is 0.134. The van der Waals surface area contributed by atoms with Crippen molar-refractivity contribution in [1.29, 1.82) is 0 Å². The second kappa shape index (κ2) is 11.1. The molecule has 5 heteroatoms. The van der Waals surface area contributed by atoms with Crippen LogP contribution in [0.3, 0.4) is 0 Å². The topological polar surface area (TPSA) is 69.7 Å². The number of esters is 2. The van der Waals surface area contributed by atoms with Crippen LogP contribution in [0.1, 0.15) is 71.6 Å². The molecule has 150 valence electrons. The number of cyclic esters (lactones) is 1. The van der Waals surface area contributed by atoms with Gasteiger partial charge in [-0.15, -0.1) is 0 Å². The number of hydrogen-bond donors (Lipinski definition) is 0. The highest BCUT2D eigenvalue weighted by Gasteiger charge is 2.42. The van der Waals surface area contributed by atoms with Crippen LogP contribution in [-0.2, 0) is 23.9 Å². The number of allylic oxidation sites excluding steroid dienone is 2. The summed E-state index contributed by atoms with van der Waals surface area (Å²) in [6, 6.07) is 0. The lowest BCUT2D eigenvalue weighted by atomic mass is 9.90. The molecule has 4 unspecified atom stereocenters. The lowest BCUT2D eigenvalue weighted by Gasteiger charge is -2.21. The van der Waals surface area contributed by atoms with Gasteiger partial charge in [0.15, 0.2) is 0 Å². The Labute approximate surface area is 162 Å². The molecule has 0 radical (unpaired) electrons. The lowest BCUT2D eigenvalue weighted by molar-refractivity contribution is -0.148. The fraction of sp³-hybridized carbons (Fsp3) is 0.682. The number of hydrogen-bond acceptors (Lipinski definition) is 5. The van der Waals surface area contributed by atoms with E-state index >= 15 is 0 Å². The molecule has 1 fully saturated rings. The van der Waals surface area contributed by atoms with Gasteiger partial charge in [-0.3, -0.25) is 14.4 Å². The molecule has 1 aliphatic carbocycles. The molecule has 0 aromatic carbocycles. The standard InChI is InChI=1S/C22H32O5/c1-3-4-7-10-17-13-14-19-18(20(24)15-21(19)26-16(2)23)11-8-5-6-9-12-22(25)27-17/h5,8,13-14,17-19,21H,3-4,6-7,9-12,15H2,1-2H3. The summed E-state index contributed by atoms with van der Waals surface area (Å²) in [7, 11) is 0. The van der Waals surface area contributed by atoms with Crippen LogP contribution in [0, 0.1) is 11.8 Å². The Hall–Kier alpha value is -1.91. The third-order valence-electron chi connectivity index (χ3n) is 5.26. The van der Waals surface area contributed by atoms with Crippen LogP contribution in [0.4, 0.5) is 0 Å². The maximum Gasteiger partial charge on any atom is 0.306 e. The van der Waals surface area contributed by atoms with E-state index in [9.17, 15) is 14.4 Å². The predicted octanol–water partition coefficient (Wildman–Crippen LogP) is 4.30. The Kier molecular flexibility index (Phi) is 8.76. The Morgan fingerprint density at radius 1 is 1.22 bits per heavy atom. The number of rotatable bonds is 5. The molecule has 2 rings (SSSR count). The van der Waals surface area contributed by atoms with E-state index in [0.29, 0.717) is 12.8 Å². The highest BCUT2D eigenvalue weighted by atomic mass is 16.5. The van der Waals surface area contributed by atoms with E-state index in [4.69, 9.17) is 9.47 Å². The van der Waals surface area contributed by atoms with Gasteiger partial charge in [-0.2, -0.15) is 0 Å². The van der Waals surface area contributed by atoms with Gasteiger partial charge in [0.1, 0.15) is 18.0 Å². The van der Waals surface area contributed by atoms with Crippen LogP contribution in [0.2, 0.25) is 0 Å². The minimum atomic E-state index is -0.429. The first-order valence-corrected chi connectivity index (χ1v) is 10.2. The van der Waals surface area contributed by atoms with Crippen molar-refractivity contribution in [2.75, 3.05) is 0 Å². The van der Waals surface area contributed by atoms with Gasteiger partial charge in [-0.05, 0) is 38.2 Å². The molecule has 27 heavy (non-hydrogen) atoms. The first-order valence-electron chi connectivity index (χ1n) is 10.2. The SMILES string of the molecule is CCCCCC1C=CC2C(OC(C)=O)CC(=O)C2CC=CCCCC(=O)O1. The fourth-order valence-electron chi connectivity index (χ4n) is 3.83. The normalized spacial score (nSPS) is 29.3. The lowest BCUT2D eigenvalue weighted by Crippen LogP contribution is -2.24. The average molecular weight is 376 g/mol. The van der Waals surface area contributed by atoms with Gasteiger partial charge in [0.25, 0.3) is 0 Å². The zero-order valence-corrected chi connectivity index (χ0v) is 16.5. The molecule has 0 N–H and O–H groups in total. The van der Waals surface area contributed by atoms with Crippen LogP contribution in [-0.4, -0.2) is 29.9 Å². The van der Waals surface area contributed by atoms with E-state index in [2.05, 4.69) is 6.92 Å². The minimum Gasteiger partial charge on any atom is -0.461 e. The molecule has 5 nitrogen and oxygen atoms in total. The van der Waals surface area contributed by atoms with Crippen molar-refractivity contribution in [2.24, 2.45) is 11.8 Å². The summed E-state index contributed by atoms with van der Waals surface area (Å²) >= 11 is 0. The number of ketones is 1. The van der Waals surface area contributed by atoms with Crippen molar-refractivity contribution in [3.8, 4) is 0 Å². The maximum atomic E-state index is 12.5. The molecule has 1 aliphatic heterocycles. The van der Waals surface area contributed by atoms with Gasteiger partial charge in [-0.25, -0.2) is 0 Å². The summed E-state index contributed by atoms with van der Waals surface area (Å²) in [6.07, 6.45) is 14.0. The number of carbonyl (C=O) groups is 3. The second-order valence-electron chi connectivity index (χ2n) is 7.51. The van der Waals surface area contributed by atoms with Crippen molar-refractivity contribution in [2.45, 2.75) is 83.8 Å². The molecule has 0 aromatic heterocycles. The zero-order valence-electron chi connectivity index (χ0n) is 16.5. The smallest absolute Gasteiger partial charge is 0.306 e.